The lowest BCUT2D eigenvalue weighted by Gasteiger charge is -2.45. The lowest BCUT2D eigenvalue weighted by atomic mass is 9.77. The summed E-state index contributed by atoms with van der Waals surface area (Å²) in [5, 5.41) is 4.00. The van der Waals surface area contributed by atoms with E-state index < -0.39 is 0 Å². The highest BCUT2D eigenvalue weighted by Gasteiger charge is 2.39. The minimum Gasteiger partial charge on any atom is -0.375 e. The Hall–Kier alpha value is -0.0800. The summed E-state index contributed by atoms with van der Waals surface area (Å²) in [6, 6.07) is 1.50. The van der Waals surface area contributed by atoms with Crippen molar-refractivity contribution in [1.82, 2.24) is 5.32 Å². The van der Waals surface area contributed by atoms with Gasteiger partial charge in [0.15, 0.2) is 0 Å². The number of hydrogen-bond acceptors (Lipinski definition) is 2. The van der Waals surface area contributed by atoms with Gasteiger partial charge in [0.05, 0.1) is 5.60 Å². The second-order valence-corrected chi connectivity index (χ2v) is 7.32. The molecule has 0 aromatic rings. The zero-order valence-corrected chi connectivity index (χ0v) is 12.6. The molecule has 2 saturated carbocycles. The van der Waals surface area contributed by atoms with Crippen molar-refractivity contribution in [2.45, 2.75) is 95.2 Å². The van der Waals surface area contributed by atoms with Crippen molar-refractivity contribution in [3.8, 4) is 0 Å². The largest absolute Gasteiger partial charge is 0.375 e. The zero-order chi connectivity index (χ0) is 13.1. The van der Waals surface area contributed by atoms with Crippen LogP contribution in [0.4, 0.5) is 0 Å². The van der Waals surface area contributed by atoms with Crippen molar-refractivity contribution in [3.05, 3.63) is 0 Å². The second kappa shape index (κ2) is 6.13. The third-order valence-electron chi connectivity index (χ3n) is 5.82. The third kappa shape index (κ3) is 3.33. The maximum absolute atomic E-state index is 6.21. The Morgan fingerprint density at radius 3 is 2.53 bits per heavy atom. The van der Waals surface area contributed by atoms with Crippen molar-refractivity contribution in [2.75, 3.05) is 6.61 Å². The summed E-state index contributed by atoms with van der Waals surface area (Å²) in [7, 11) is 0. The van der Waals surface area contributed by atoms with Crippen LogP contribution in [0.5, 0.6) is 0 Å². The normalized spacial score (nSPS) is 39.3. The summed E-state index contributed by atoms with van der Waals surface area (Å²) in [4.78, 5) is 0. The molecule has 2 nitrogen and oxygen atoms in total. The van der Waals surface area contributed by atoms with Gasteiger partial charge < -0.3 is 10.1 Å². The highest BCUT2D eigenvalue weighted by atomic mass is 16.5. The summed E-state index contributed by atoms with van der Waals surface area (Å²) < 4.78 is 6.21. The average molecular weight is 265 g/mol. The van der Waals surface area contributed by atoms with Crippen LogP contribution in [0.25, 0.3) is 0 Å². The molecule has 2 heteroatoms. The van der Waals surface area contributed by atoms with E-state index in [1.54, 1.807) is 0 Å². The molecular formula is C17H31NO. The molecule has 0 aromatic carbocycles. The van der Waals surface area contributed by atoms with Crippen LogP contribution < -0.4 is 5.32 Å². The first kappa shape index (κ1) is 13.9. The van der Waals surface area contributed by atoms with Gasteiger partial charge in [0.2, 0.25) is 0 Å². The molecule has 1 saturated heterocycles. The minimum absolute atomic E-state index is 0.256. The van der Waals surface area contributed by atoms with Crippen molar-refractivity contribution < 1.29 is 4.74 Å². The van der Waals surface area contributed by atoms with E-state index in [0.717, 1.165) is 24.6 Å². The summed E-state index contributed by atoms with van der Waals surface area (Å²) in [5.41, 5.74) is 0.256. The van der Waals surface area contributed by atoms with E-state index in [9.17, 15) is 0 Å². The SMILES string of the molecule is CC1CCCCC1NC1CCOC2(CCCCC2)C1. The Bertz CT molecular complexity index is 279. The molecule has 19 heavy (non-hydrogen) atoms. The van der Waals surface area contributed by atoms with E-state index in [0.29, 0.717) is 0 Å². The first-order chi connectivity index (χ1) is 9.27. The van der Waals surface area contributed by atoms with Crippen LogP contribution in [-0.4, -0.2) is 24.3 Å². The maximum atomic E-state index is 6.21. The number of ether oxygens (including phenoxy) is 1. The fourth-order valence-corrected chi connectivity index (χ4v) is 4.58. The molecule has 3 atom stereocenters. The summed E-state index contributed by atoms with van der Waals surface area (Å²) in [5.74, 6) is 0.874. The lowest BCUT2D eigenvalue weighted by Crippen LogP contribution is -2.52. The van der Waals surface area contributed by atoms with Gasteiger partial charge in [0.1, 0.15) is 0 Å². The molecule has 3 rings (SSSR count). The average Bonchev–Trinajstić information content (AvgIpc) is 2.42. The van der Waals surface area contributed by atoms with Gasteiger partial charge in [0.25, 0.3) is 0 Å². The highest BCUT2D eigenvalue weighted by Crippen LogP contribution is 2.39. The molecule has 1 spiro atoms. The van der Waals surface area contributed by atoms with Crippen molar-refractivity contribution in [3.63, 3.8) is 0 Å². The third-order valence-corrected chi connectivity index (χ3v) is 5.82. The maximum Gasteiger partial charge on any atom is 0.0697 e. The summed E-state index contributed by atoms with van der Waals surface area (Å²) in [6.45, 7) is 3.42. The van der Waals surface area contributed by atoms with Gasteiger partial charge in [-0.1, -0.05) is 39.0 Å². The molecule has 1 heterocycles. The molecule has 0 radical (unpaired) electrons. The zero-order valence-electron chi connectivity index (χ0n) is 12.6. The first-order valence-corrected chi connectivity index (χ1v) is 8.67. The standard InChI is InChI=1S/C17H31NO/c1-14-7-3-4-8-16(14)18-15-9-12-19-17(13-15)10-5-2-6-11-17/h14-16,18H,2-13H2,1H3. The Morgan fingerprint density at radius 1 is 0.947 bits per heavy atom. The van der Waals surface area contributed by atoms with E-state index in [1.807, 2.05) is 0 Å². The number of hydrogen-bond donors (Lipinski definition) is 1. The lowest BCUT2D eigenvalue weighted by molar-refractivity contribution is -0.110. The topological polar surface area (TPSA) is 21.3 Å². The van der Waals surface area contributed by atoms with Crippen LogP contribution in [0.2, 0.25) is 0 Å². The minimum atomic E-state index is 0.256. The predicted octanol–water partition coefficient (Wildman–Crippen LogP) is 4.04. The Kier molecular flexibility index (Phi) is 4.48. The van der Waals surface area contributed by atoms with Gasteiger partial charge in [-0.05, 0) is 44.4 Å². The van der Waals surface area contributed by atoms with Crippen molar-refractivity contribution in [2.24, 2.45) is 5.92 Å². The molecule has 1 aliphatic heterocycles. The van der Waals surface area contributed by atoms with E-state index in [-0.39, 0.29) is 5.60 Å². The Balaban J connectivity index is 1.55. The molecule has 110 valence electrons. The molecule has 1 N–H and O–H groups in total. The molecule has 0 bridgehead atoms. The molecule has 3 unspecified atom stereocenters. The van der Waals surface area contributed by atoms with Crippen molar-refractivity contribution in [1.29, 1.82) is 0 Å². The van der Waals surface area contributed by atoms with Gasteiger partial charge in [0, 0.05) is 18.7 Å². The van der Waals surface area contributed by atoms with Gasteiger partial charge in [-0.3, -0.25) is 0 Å². The van der Waals surface area contributed by atoms with Crippen LogP contribution in [0.1, 0.15) is 77.6 Å². The van der Waals surface area contributed by atoms with Gasteiger partial charge in [-0.15, -0.1) is 0 Å². The number of rotatable bonds is 2. The van der Waals surface area contributed by atoms with Gasteiger partial charge in [-0.25, -0.2) is 0 Å². The summed E-state index contributed by atoms with van der Waals surface area (Å²) >= 11 is 0. The van der Waals surface area contributed by atoms with Gasteiger partial charge in [-0.2, -0.15) is 0 Å². The monoisotopic (exact) mass is 265 g/mol. The van der Waals surface area contributed by atoms with E-state index >= 15 is 0 Å². The van der Waals surface area contributed by atoms with E-state index in [1.165, 1.54) is 70.6 Å². The quantitative estimate of drug-likeness (QED) is 0.813. The van der Waals surface area contributed by atoms with Crippen LogP contribution in [-0.2, 0) is 4.74 Å². The van der Waals surface area contributed by atoms with Gasteiger partial charge >= 0.3 is 0 Å². The van der Waals surface area contributed by atoms with Crippen LogP contribution in [0, 0.1) is 5.92 Å². The van der Waals surface area contributed by atoms with E-state index in [2.05, 4.69) is 12.2 Å². The van der Waals surface area contributed by atoms with Crippen LogP contribution >= 0.6 is 0 Å². The second-order valence-electron chi connectivity index (χ2n) is 7.32. The Labute approximate surface area is 118 Å². The Morgan fingerprint density at radius 2 is 1.74 bits per heavy atom. The molecule has 0 amide bonds. The van der Waals surface area contributed by atoms with Crippen LogP contribution in [0.15, 0.2) is 0 Å². The van der Waals surface area contributed by atoms with E-state index in [4.69, 9.17) is 4.74 Å². The fourth-order valence-electron chi connectivity index (χ4n) is 4.58. The predicted molar refractivity (Wildman–Crippen MR) is 79.3 cm³/mol. The molecule has 2 aliphatic carbocycles. The molecule has 3 aliphatic rings. The highest BCUT2D eigenvalue weighted by molar-refractivity contribution is 4.93. The number of nitrogens with one attached hydrogen (secondary N) is 1. The molecule has 3 fully saturated rings. The first-order valence-electron chi connectivity index (χ1n) is 8.67. The van der Waals surface area contributed by atoms with Crippen LogP contribution in [0.3, 0.4) is 0 Å². The molecular weight excluding hydrogens is 234 g/mol. The molecule has 0 aromatic heterocycles. The summed E-state index contributed by atoms with van der Waals surface area (Å²) in [6.07, 6.45) is 15.0. The smallest absolute Gasteiger partial charge is 0.0697 e. The van der Waals surface area contributed by atoms with Crippen molar-refractivity contribution >= 4 is 0 Å². The fraction of sp³-hybridized carbons (Fsp3) is 1.00.